The third-order valence-corrected chi connectivity index (χ3v) is 6.89. The highest BCUT2D eigenvalue weighted by molar-refractivity contribution is 5.82. The van der Waals surface area contributed by atoms with E-state index in [1.54, 1.807) is 12.1 Å². The number of carbonyl (C=O) groups excluding carboxylic acids is 1. The Morgan fingerprint density at radius 2 is 1.86 bits per heavy atom. The van der Waals surface area contributed by atoms with Gasteiger partial charge in [-0.15, -0.1) is 0 Å². The molecule has 0 radical (unpaired) electrons. The minimum atomic E-state index is -0.280. The van der Waals surface area contributed by atoms with E-state index >= 15 is 0 Å². The van der Waals surface area contributed by atoms with Crippen LogP contribution < -0.4 is 4.74 Å². The van der Waals surface area contributed by atoms with Gasteiger partial charge in [-0.2, -0.15) is 4.58 Å². The Bertz CT molecular complexity index is 979. The highest BCUT2D eigenvalue weighted by Crippen LogP contribution is 2.19. The molecule has 2 heterocycles. The molecule has 1 amide bonds. The van der Waals surface area contributed by atoms with E-state index in [2.05, 4.69) is 11.8 Å². The van der Waals surface area contributed by atoms with Gasteiger partial charge >= 0.3 is 5.91 Å². The number of ether oxygens (including phenoxy) is 3. The fraction of sp³-hybridized carbons (Fsp3) is 0.517. The van der Waals surface area contributed by atoms with Crippen molar-refractivity contribution in [1.29, 1.82) is 0 Å². The van der Waals surface area contributed by atoms with Crippen molar-refractivity contribution in [2.75, 3.05) is 39.6 Å². The lowest BCUT2D eigenvalue weighted by Crippen LogP contribution is -2.44. The molecule has 1 atom stereocenters. The number of likely N-dealkylation sites (tertiary alicyclic amines) is 1. The molecule has 2 aromatic carbocycles. The summed E-state index contributed by atoms with van der Waals surface area (Å²) in [5.74, 6) is 0.592. The number of halogens is 1. The molecule has 2 aromatic rings. The molecule has 2 aliphatic rings. The minimum absolute atomic E-state index is 0.0515. The molecule has 0 aromatic heterocycles. The first-order chi connectivity index (χ1) is 17.6. The van der Waals surface area contributed by atoms with Crippen LogP contribution in [0.2, 0.25) is 0 Å². The summed E-state index contributed by atoms with van der Waals surface area (Å²) in [7, 11) is 0. The number of rotatable bonds is 10. The highest BCUT2D eigenvalue weighted by atomic mass is 19.1. The Morgan fingerprint density at radius 3 is 2.53 bits per heavy atom. The molecule has 6 nitrogen and oxygen atoms in total. The molecule has 36 heavy (non-hydrogen) atoms. The number of hydrogen-bond acceptors (Lipinski definition) is 5. The maximum absolute atomic E-state index is 13.5. The van der Waals surface area contributed by atoms with Crippen molar-refractivity contribution in [3.63, 3.8) is 0 Å². The van der Waals surface area contributed by atoms with Crippen molar-refractivity contribution < 1.29 is 28.0 Å². The van der Waals surface area contributed by atoms with Gasteiger partial charge in [-0.25, -0.2) is 9.18 Å². The molecule has 7 heteroatoms. The summed E-state index contributed by atoms with van der Waals surface area (Å²) in [4.78, 5) is 16.0. The fourth-order valence-corrected chi connectivity index (χ4v) is 4.76. The molecule has 0 saturated carbocycles. The molecular formula is C29H38FN2O4+. The zero-order valence-electron chi connectivity index (χ0n) is 21.2. The minimum Gasteiger partial charge on any atom is -0.494 e. The van der Waals surface area contributed by atoms with Gasteiger partial charge in [0.15, 0.2) is 12.3 Å². The van der Waals surface area contributed by atoms with E-state index < -0.39 is 0 Å². The van der Waals surface area contributed by atoms with Gasteiger partial charge in [0.05, 0.1) is 25.7 Å². The predicted molar refractivity (Wildman–Crippen MR) is 137 cm³/mol. The van der Waals surface area contributed by atoms with Gasteiger partial charge in [-0.3, -0.25) is 0 Å². The molecule has 0 aliphatic carbocycles. The maximum atomic E-state index is 13.5. The lowest BCUT2D eigenvalue weighted by Gasteiger charge is -2.31. The van der Waals surface area contributed by atoms with Crippen LogP contribution in [-0.4, -0.2) is 73.4 Å². The van der Waals surface area contributed by atoms with Crippen molar-refractivity contribution in [1.82, 2.24) is 4.90 Å². The summed E-state index contributed by atoms with van der Waals surface area (Å²) in [5, 5.41) is 0. The first kappa shape index (κ1) is 26.5. The Morgan fingerprint density at radius 1 is 1.11 bits per heavy atom. The molecule has 0 spiro atoms. The summed E-state index contributed by atoms with van der Waals surface area (Å²) < 4.78 is 32.0. The lowest BCUT2D eigenvalue weighted by atomic mass is 10.0. The molecule has 1 unspecified atom stereocenters. The van der Waals surface area contributed by atoms with Crippen LogP contribution in [0.25, 0.3) is 0 Å². The van der Waals surface area contributed by atoms with Crippen LogP contribution in [0.4, 0.5) is 4.39 Å². The Hall–Kier alpha value is -2.61. The number of nitrogens with zero attached hydrogens (tertiary/aromatic N) is 2. The fourth-order valence-electron chi connectivity index (χ4n) is 4.76. The second-order valence-electron chi connectivity index (χ2n) is 9.62. The Balaban J connectivity index is 1.40. The first-order valence-corrected chi connectivity index (χ1v) is 13.2. The second-order valence-corrected chi connectivity index (χ2v) is 9.62. The van der Waals surface area contributed by atoms with Gasteiger partial charge in [-0.05, 0) is 61.2 Å². The van der Waals surface area contributed by atoms with Gasteiger partial charge < -0.3 is 19.1 Å². The van der Waals surface area contributed by atoms with Crippen molar-refractivity contribution in [3.05, 3.63) is 65.5 Å². The molecule has 0 N–H and O–H groups in total. The van der Waals surface area contributed by atoms with Crippen LogP contribution in [0, 0.1) is 5.82 Å². The summed E-state index contributed by atoms with van der Waals surface area (Å²) in [5.41, 5.74) is 1.78. The van der Waals surface area contributed by atoms with Crippen molar-refractivity contribution in [2.24, 2.45) is 0 Å². The zero-order valence-corrected chi connectivity index (χ0v) is 21.2. The summed E-state index contributed by atoms with van der Waals surface area (Å²) >= 11 is 0. The van der Waals surface area contributed by atoms with Gasteiger partial charge in [0, 0.05) is 38.0 Å². The van der Waals surface area contributed by atoms with Gasteiger partial charge in [0.1, 0.15) is 18.4 Å². The zero-order chi connectivity index (χ0) is 25.2. The van der Waals surface area contributed by atoms with E-state index in [-0.39, 0.29) is 23.9 Å². The average Bonchev–Trinajstić information content (AvgIpc) is 2.92. The molecule has 0 bridgehead atoms. The second kappa shape index (κ2) is 13.6. The molecule has 4 rings (SSSR count). The summed E-state index contributed by atoms with van der Waals surface area (Å²) in [6, 6.07) is 14.2. The largest absolute Gasteiger partial charge is 0.494 e. The first-order valence-electron chi connectivity index (χ1n) is 13.2. The Labute approximate surface area is 213 Å². The predicted octanol–water partition coefficient (Wildman–Crippen LogP) is 4.43. The SMILES string of the molecule is CCCOc1ccc(CC(=O)[N+](=Cc2ccc(F)cc2)C2CCN(CCC3CCOCO3)CC2)cc1. The lowest BCUT2D eigenvalue weighted by molar-refractivity contribution is -0.489. The van der Waals surface area contributed by atoms with E-state index in [9.17, 15) is 9.18 Å². The number of hydrogen-bond donors (Lipinski definition) is 0. The van der Waals surface area contributed by atoms with Crippen LogP contribution in [0.15, 0.2) is 48.5 Å². The van der Waals surface area contributed by atoms with Crippen LogP contribution in [0.5, 0.6) is 5.75 Å². The molecular weight excluding hydrogens is 459 g/mol. The molecule has 2 fully saturated rings. The van der Waals surface area contributed by atoms with Crippen molar-refractivity contribution in [2.45, 2.75) is 57.6 Å². The monoisotopic (exact) mass is 497 g/mol. The molecule has 2 saturated heterocycles. The normalized spacial score (nSPS) is 19.8. The average molecular weight is 498 g/mol. The summed E-state index contributed by atoms with van der Waals surface area (Å²) in [6.07, 6.45) is 7.21. The van der Waals surface area contributed by atoms with Crippen LogP contribution >= 0.6 is 0 Å². The smallest absolute Gasteiger partial charge is 0.391 e. The topological polar surface area (TPSA) is 51.0 Å². The third kappa shape index (κ3) is 7.95. The third-order valence-electron chi connectivity index (χ3n) is 6.89. The summed E-state index contributed by atoms with van der Waals surface area (Å²) in [6.45, 7) is 6.81. The van der Waals surface area contributed by atoms with E-state index in [0.29, 0.717) is 19.8 Å². The van der Waals surface area contributed by atoms with Crippen molar-refractivity contribution in [3.8, 4) is 5.75 Å². The maximum Gasteiger partial charge on any atom is 0.391 e. The highest BCUT2D eigenvalue weighted by Gasteiger charge is 2.32. The van der Waals surface area contributed by atoms with Crippen LogP contribution in [-0.2, 0) is 20.7 Å². The van der Waals surface area contributed by atoms with Crippen LogP contribution in [0.3, 0.4) is 0 Å². The number of carbonyl (C=O) groups is 1. The quantitative estimate of drug-likeness (QED) is 0.359. The molecule has 2 aliphatic heterocycles. The van der Waals surface area contributed by atoms with E-state index in [0.717, 1.165) is 75.2 Å². The number of amides is 1. The van der Waals surface area contributed by atoms with Crippen molar-refractivity contribution >= 4 is 12.1 Å². The Kier molecular flexibility index (Phi) is 10.0. The van der Waals surface area contributed by atoms with E-state index in [1.807, 2.05) is 35.1 Å². The molecule has 194 valence electrons. The van der Waals surface area contributed by atoms with Gasteiger partial charge in [-0.1, -0.05) is 19.1 Å². The van der Waals surface area contributed by atoms with Gasteiger partial charge in [0.2, 0.25) is 0 Å². The van der Waals surface area contributed by atoms with Gasteiger partial charge in [0.25, 0.3) is 0 Å². The van der Waals surface area contributed by atoms with E-state index in [1.165, 1.54) is 12.1 Å². The standard InChI is InChI=1S/C29H38FN2O4/c1-2-18-35-27-9-5-23(6-10-27)20-29(33)32(21-24-3-7-25(30)8-4-24)26-11-15-31(16-12-26)17-13-28-14-19-34-22-36-28/h3-10,21,26,28H,2,11-20,22H2,1H3/q+1. The van der Waals surface area contributed by atoms with E-state index in [4.69, 9.17) is 14.2 Å². The number of benzene rings is 2. The number of piperidine rings is 1. The van der Waals surface area contributed by atoms with Crippen LogP contribution in [0.1, 0.15) is 50.2 Å².